The van der Waals surface area contributed by atoms with Gasteiger partial charge in [-0.05, 0) is 18.6 Å². The van der Waals surface area contributed by atoms with E-state index < -0.39 is 17.3 Å². The molecule has 1 aromatic carbocycles. The van der Waals surface area contributed by atoms with E-state index in [-0.39, 0.29) is 17.1 Å². The Kier molecular flexibility index (Phi) is 4.80. The van der Waals surface area contributed by atoms with Crippen molar-refractivity contribution in [3.8, 4) is 5.69 Å². The lowest BCUT2D eigenvalue weighted by Gasteiger charge is -2.01. The summed E-state index contributed by atoms with van der Waals surface area (Å²) in [5, 5.41) is 2.53. The lowest BCUT2D eigenvalue weighted by Crippen LogP contribution is -2.30. The zero-order chi connectivity index (χ0) is 15.4. The van der Waals surface area contributed by atoms with Crippen LogP contribution in [0.3, 0.4) is 0 Å². The molecule has 1 heterocycles. The quantitative estimate of drug-likeness (QED) is 0.860. The van der Waals surface area contributed by atoms with Gasteiger partial charge in [-0.3, -0.25) is 4.79 Å². The number of rotatable bonds is 5. The van der Waals surface area contributed by atoms with E-state index >= 15 is 0 Å². The van der Waals surface area contributed by atoms with E-state index in [1.54, 1.807) is 24.3 Å². The van der Waals surface area contributed by atoms with E-state index in [9.17, 15) is 14.4 Å². The molecule has 0 bridgehead atoms. The fourth-order valence-electron chi connectivity index (χ4n) is 2.03. The van der Waals surface area contributed by atoms with E-state index in [4.69, 9.17) is 11.6 Å². The Labute approximate surface area is 126 Å². The maximum Gasteiger partial charge on any atom is 0.358 e. The number of aromatic amines is 1. The molecular formula is C14H16ClN3O3. The Morgan fingerprint density at radius 2 is 1.95 bits per heavy atom. The van der Waals surface area contributed by atoms with Gasteiger partial charge in [-0.2, -0.15) is 4.68 Å². The number of nitrogens with zero attached hydrogens (tertiary/aromatic N) is 2. The van der Waals surface area contributed by atoms with Gasteiger partial charge in [0.1, 0.15) is 0 Å². The number of carbonyl (C=O) groups is 1. The standard InChI is InChI=1S/C14H16ClN3O3/c1-2-3-4-9-12(19)18-14(21)17(13(20)16-18)11-8-6-5-7-10(11)15/h5-8H,2-4,9H2,1H3,(H,16,20). The van der Waals surface area contributed by atoms with E-state index in [1.165, 1.54) is 0 Å². The van der Waals surface area contributed by atoms with Crippen molar-refractivity contribution in [2.24, 2.45) is 0 Å². The third-order valence-electron chi connectivity index (χ3n) is 3.13. The molecule has 2 aromatic rings. The predicted molar refractivity (Wildman–Crippen MR) is 80.4 cm³/mol. The number of nitrogens with one attached hydrogen (secondary N) is 1. The first kappa shape index (κ1) is 15.3. The predicted octanol–water partition coefficient (Wildman–Crippen LogP) is 2.20. The number of unbranched alkanes of at least 4 members (excludes halogenated alkanes) is 2. The molecule has 7 heteroatoms. The molecular weight excluding hydrogens is 294 g/mol. The van der Waals surface area contributed by atoms with Crippen LogP contribution in [0.5, 0.6) is 0 Å². The van der Waals surface area contributed by atoms with Gasteiger partial charge in [-0.25, -0.2) is 19.3 Å². The van der Waals surface area contributed by atoms with Crippen molar-refractivity contribution in [1.29, 1.82) is 0 Å². The first-order chi connectivity index (χ1) is 10.1. The second-order valence-corrected chi connectivity index (χ2v) is 5.08. The highest BCUT2D eigenvalue weighted by Crippen LogP contribution is 2.16. The Balaban J connectivity index is 2.39. The van der Waals surface area contributed by atoms with Crippen molar-refractivity contribution < 1.29 is 4.79 Å². The summed E-state index contributed by atoms with van der Waals surface area (Å²) in [5.74, 6) is -0.420. The molecule has 0 amide bonds. The minimum Gasteiger partial charge on any atom is -0.272 e. The molecule has 6 nitrogen and oxygen atoms in total. The van der Waals surface area contributed by atoms with Gasteiger partial charge in [-0.15, -0.1) is 0 Å². The van der Waals surface area contributed by atoms with Gasteiger partial charge in [0.05, 0.1) is 10.7 Å². The average molecular weight is 310 g/mol. The van der Waals surface area contributed by atoms with Crippen molar-refractivity contribution in [1.82, 2.24) is 14.3 Å². The minimum atomic E-state index is -0.727. The number of hydrogen-bond acceptors (Lipinski definition) is 3. The van der Waals surface area contributed by atoms with Crippen LogP contribution in [0.25, 0.3) is 5.69 Å². The highest BCUT2D eigenvalue weighted by Gasteiger charge is 2.17. The van der Waals surface area contributed by atoms with Crippen LogP contribution in [0.2, 0.25) is 5.02 Å². The number of halogens is 1. The Hall–Kier alpha value is -2.08. The molecule has 1 N–H and O–H groups in total. The van der Waals surface area contributed by atoms with Crippen LogP contribution >= 0.6 is 11.6 Å². The van der Waals surface area contributed by atoms with Gasteiger partial charge in [0, 0.05) is 6.42 Å². The van der Waals surface area contributed by atoms with Crippen LogP contribution < -0.4 is 11.4 Å². The molecule has 0 aliphatic carbocycles. The van der Waals surface area contributed by atoms with Crippen molar-refractivity contribution in [3.05, 3.63) is 50.3 Å². The molecule has 112 valence electrons. The summed E-state index contributed by atoms with van der Waals surface area (Å²) < 4.78 is 1.61. The van der Waals surface area contributed by atoms with Crippen LogP contribution in [-0.2, 0) is 0 Å². The number of aromatic nitrogens is 3. The fraction of sp³-hybridized carbons (Fsp3) is 0.357. The molecule has 21 heavy (non-hydrogen) atoms. The smallest absolute Gasteiger partial charge is 0.272 e. The number of benzene rings is 1. The second kappa shape index (κ2) is 6.58. The van der Waals surface area contributed by atoms with Crippen molar-refractivity contribution in [2.45, 2.75) is 32.6 Å². The summed E-state index contributed by atoms with van der Waals surface area (Å²) in [4.78, 5) is 36.1. The number of H-pyrrole nitrogens is 1. The monoisotopic (exact) mass is 309 g/mol. The summed E-state index contributed by atoms with van der Waals surface area (Å²) in [6, 6.07) is 6.47. The van der Waals surface area contributed by atoms with Crippen LogP contribution in [0.15, 0.2) is 33.9 Å². The van der Waals surface area contributed by atoms with Gasteiger partial charge < -0.3 is 0 Å². The normalized spacial score (nSPS) is 10.8. The Bertz CT molecular complexity index is 757. The summed E-state index contributed by atoms with van der Waals surface area (Å²) in [6.07, 6.45) is 2.77. The van der Waals surface area contributed by atoms with E-state index in [0.29, 0.717) is 6.42 Å². The van der Waals surface area contributed by atoms with E-state index in [0.717, 1.165) is 22.1 Å². The number of para-hydroxylation sites is 1. The summed E-state index contributed by atoms with van der Waals surface area (Å²) >= 11 is 5.99. The van der Waals surface area contributed by atoms with Crippen LogP contribution in [-0.4, -0.2) is 20.3 Å². The van der Waals surface area contributed by atoms with E-state index in [2.05, 4.69) is 5.10 Å². The summed E-state index contributed by atoms with van der Waals surface area (Å²) in [7, 11) is 0. The molecule has 0 atom stereocenters. The molecule has 0 saturated heterocycles. The molecule has 0 aliphatic rings. The number of hydrogen-bond donors (Lipinski definition) is 1. The molecule has 0 unspecified atom stereocenters. The topological polar surface area (TPSA) is 76.9 Å². The third kappa shape index (κ3) is 3.16. The summed E-state index contributed by atoms with van der Waals surface area (Å²) in [5.41, 5.74) is -1.16. The molecule has 0 fully saturated rings. The molecule has 0 spiro atoms. The fourth-order valence-corrected chi connectivity index (χ4v) is 2.25. The lowest BCUT2D eigenvalue weighted by molar-refractivity contribution is 0.0878. The maximum absolute atomic E-state index is 12.2. The molecule has 0 radical (unpaired) electrons. The largest absolute Gasteiger partial charge is 0.358 e. The summed E-state index contributed by atoms with van der Waals surface area (Å²) in [6.45, 7) is 2.02. The van der Waals surface area contributed by atoms with Crippen molar-refractivity contribution in [2.75, 3.05) is 0 Å². The van der Waals surface area contributed by atoms with Gasteiger partial charge >= 0.3 is 11.4 Å². The molecule has 2 rings (SSSR count). The third-order valence-corrected chi connectivity index (χ3v) is 3.45. The maximum atomic E-state index is 12.2. The van der Waals surface area contributed by atoms with Crippen LogP contribution in [0.1, 0.15) is 37.4 Å². The molecule has 1 aromatic heterocycles. The first-order valence-electron chi connectivity index (χ1n) is 6.78. The Morgan fingerprint density at radius 3 is 2.62 bits per heavy atom. The van der Waals surface area contributed by atoms with Crippen molar-refractivity contribution >= 4 is 17.5 Å². The minimum absolute atomic E-state index is 0.218. The zero-order valence-corrected chi connectivity index (χ0v) is 12.4. The van der Waals surface area contributed by atoms with Crippen LogP contribution in [0, 0.1) is 0 Å². The van der Waals surface area contributed by atoms with Gasteiger partial charge in [0.25, 0.3) is 0 Å². The first-order valence-corrected chi connectivity index (χ1v) is 7.16. The van der Waals surface area contributed by atoms with E-state index in [1.807, 2.05) is 6.92 Å². The lowest BCUT2D eigenvalue weighted by atomic mass is 10.2. The van der Waals surface area contributed by atoms with Crippen molar-refractivity contribution in [3.63, 3.8) is 0 Å². The van der Waals surface area contributed by atoms with Gasteiger partial charge in [-0.1, -0.05) is 43.5 Å². The van der Waals surface area contributed by atoms with Crippen LogP contribution in [0.4, 0.5) is 0 Å². The average Bonchev–Trinajstić information content (AvgIpc) is 2.75. The SMILES string of the molecule is CCCCCC(=O)n1[nH]c(=O)n(-c2ccccc2Cl)c1=O. The molecule has 0 saturated carbocycles. The Morgan fingerprint density at radius 1 is 1.24 bits per heavy atom. The zero-order valence-electron chi connectivity index (χ0n) is 11.6. The van der Waals surface area contributed by atoms with Gasteiger partial charge in [0.15, 0.2) is 0 Å². The highest BCUT2D eigenvalue weighted by molar-refractivity contribution is 6.32. The molecule has 0 aliphatic heterocycles. The van der Waals surface area contributed by atoms with Gasteiger partial charge in [0.2, 0.25) is 5.91 Å². The second-order valence-electron chi connectivity index (χ2n) is 4.67. The number of carbonyl (C=O) groups excluding carboxylic acids is 1. The highest BCUT2D eigenvalue weighted by atomic mass is 35.5.